The number of halogens is 1. The molecule has 172 valence electrons. The number of benzene rings is 2. The molecule has 0 unspecified atom stereocenters. The van der Waals surface area contributed by atoms with Gasteiger partial charge in [0.05, 0.1) is 23.6 Å². The van der Waals surface area contributed by atoms with Crippen molar-refractivity contribution in [1.82, 2.24) is 9.97 Å². The third-order valence-corrected chi connectivity index (χ3v) is 5.07. The normalized spacial score (nSPS) is 10.8. The maximum absolute atomic E-state index is 11.9. The smallest absolute Gasteiger partial charge is 0.310 e. The van der Waals surface area contributed by atoms with Crippen molar-refractivity contribution < 1.29 is 23.8 Å². The molecule has 0 aliphatic heterocycles. The van der Waals surface area contributed by atoms with Crippen LogP contribution in [0.4, 0.5) is 11.5 Å². The maximum Gasteiger partial charge on any atom is 0.310 e. The molecule has 1 heterocycles. The minimum absolute atomic E-state index is 0.107. The molecule has 0 aliphatic rings. The number of anilines is 2. The van der Waals surface area contributed by atoms with E-state index >= 15 is 0 Å². The Morgan fingerprint density at radius 2 is 1.79 bits per heavy atom. The van der Waals surface area contributed by atoms with Crippen LogP contribution in [0.25, 0.3) is 11.4 Å². The van der Waals surface area contributed by atoms with E-state index in [9.17, 15) is 9.59 Å². The largest absolute Gasteiger partial charge is 0.466 e. The van der Waals surface area contributed by atoms with Gasteiger partial charge in [0.1, 0.15) is 11.5 Å². The number of nitrogens with one attached hydrogen (secondary N) is 1. The molecule has 0 fully saturated rings. The fraction of sp³-hybridized carbons (Fsp3) is 0.250. The highest BCUT2D eigenvalue weighted by molar-refractivity contribution is 6.33. The van der Waals surface area contributed by atoms with E-state index in [-0.39, 0.29) is 23.9 Å². The molecule has 0 atom stereocenters. The summed E-state index contributed by atoms with van der Waals surface area (Å²) in [5, 5.41) is 3.65. The first-order valence-corrected chi connectivity index (χ1v) is 10.6. The van der Waals surface area contributed by atoms with Crippen LogP contribution in [0.5, 0.6) is 0 Å². The SMILES string of the molecule is CCOC(=O)Cc1ccc(Nc2nc(-c3ccccc3Cl)nc(C=O)c2C(OC)OC)cc1. The maximum atomic E-state index is 11.9. The van der Waals surface area contributed by atoms with Gasteiger partial charge >= 0.3 is 5.97 Å². The van der Waals surface area contributed by atoms with Gasteiger partial charge in [-0.05, 0) is 36.8 Å². The molecule has 2 aromatic carbocycles. The molecule has 3 aromatic rings. The number of aldehydes is 1. The van der Waals surface area contributed by atoms with Crippen LogP contribution in [-0.4, -0.2) is 43.0 Å². The number of carbonyl (C=O) groups is 2. The number of nitrogens with zero attached hydrogens (tertiary/aromatic N) is 2. The summed E-state index contributed by atoms with van der Waals surface area (Å²) in [5.74, 6) is 0.312. The summed E-state index contributed by atoms with van der Waals surface area (Å²) in [6.07, 6.45) is -0.0827. The average Bonchev–Trinajstić information content (AvgIpc) is 2.82. The zero-order valence-electron chi connectivity index (χ0n) is 18.5. The van der Waals surface area contributed by atoms with Gasteiger partial charge in [-0.15, -0.1) is 0 Å². The highest BCUT2D eigenvalue weighted by Gasteiger charge is 2.24. The summed E-state index contributed by atoms with van der Waals surface area (Å²) in [6.45, 7) is 2.10. The number of hydrogen-bond donors (Lipinski definition) is 1. The first-order valence-electron chi connectivity index (χ1n) is 10.2. The van der Waals surface area contributed by atoms with Crippen molar-refractivity contribution in [3.63, 3.8) is 0 Å². The summed E-state index contributed by atoms with van der Waals surface area (Å²) in [6, 6.07) is 14.3. The predicted molar refractivity (Wildman–Crippen MR) is 125 cm³/mol. The number of ether oxygens (including phenoxy) is 3. The van der Waals surface area contributed by atoms with Crippen LogP contribution in [0.3, 0.4) is 0 Å². The van der Waals surface area contributed by atoms with E-state index in [1.54, 1.807) is 49.4 Å². The Morgan fingerprint density at radius 3 is 2.39 bits per heavy atom. The molecule has 9 heteroatoms. The lowest BCUT2D eigenvalue weighted by atomic mass is 10.1. The fourth-order valence-electron chi connectivity index (χ4n) is 3.22. The van der Waals surface area contributed by atoms with Gasteiger partial charge in [0.2, 0.25) is 0 Å². The quantitative estimate of drug-likeness (QED) is 0.258. The van der Waals surface area contributed by atoms with Crippen LogP contribution in [0.15, 0.2) is 48.5 Å². The van der Waals surface area contributed by atoms with Gasteiger partial charge in [0.15, 0.2) is 18.4 Å². The number of rotatable bonds is 10. The molecule has 0 saturated carbocycles. The second kappa shape index (κ2) is 11.5. The van der Waals surface area contributed by atoms with Gasteiger partial charge in [-0.1, -0.05) is 35.9 Å². The molecule has 3 rings (SSSR count). The first-order chi connectivity index (χ1) is 16.0. The molecule has 0 radical (unpaired) electrons. The Hall–Kier alpha value is -3.33. The lowest BCUT2D eigenvalue weighted by Crippen LogP contribution is -2.14. The summed E-state index contributed by atoms with van der Waals surface area (Å²) in [7, 11) is 2.91. The Balaban J connectivity index is 2.03. The molecule has 8 nitrogen and oxygen atoms in total. The number of carbonyl (C=O) groups excluding carboxylic acids is 2. The van der Waals surface area contributed by atoms with E-state index in [2.05, 4.69) is 15.3 Å². The zero-order chi connectivity index (χ0) is 23.8. The average molecular weight is 470 g/mol. The van der Waals surface area contributed by atoms with Crippen LogP contribution >= 0.6 is 11.6 Å². The summed E-state index contributed by atoms with van der Waals surface area (Å²) >= 11 is 6.33. The van der Waals surface area contributed by atoms with Gasteiger partial charge in [-0.25, -0.2) is 9.97 Å². The van der Waals surface area contributed by atoms with E-state index in [0.29, 0.717) is 40.5 Å². The molecular formula is C24H24ClN3O5. The molecule has 0 spiro atoms. The first kappa shape index (κ1) is 24.3. The van der Waals surface area contributed by atoms with E-state index in [1.165, 1.54) is 14.2 Å². The van der Waals surface area contributed by atoms with Crippen molar-refractivity contribution in [1.29, 1.82) is 0 Å². The highest BCUT2D eigenvalue weighted by atomic mass is 35.5. The van der Waals surface area contributed by atoms with Gasteiger partial charge in [0.25, 0.3) is 0 Å². The third-order valence-electron chi connectivity index (χ3n) is 4.74. The Labute approximate surface area is 196 Å². The highest BCUT2D eigenvalue weighted by Crippen LogP contribution is 2.33. The molecule has 1 N–H and O–H groups in total. The van der Waals surface area contributed by atoms with Crippen molar-refractivity contribution in [3.05, 3.63) is 70.4 Å². The summed E-state index contributed by atoms with van der Waals surface area (Å²) in [4.78, 5) is 32.7. The molecule has 33 heavy (non-hydrogen) atoms. The Kier molecular flexibility index (Phi) is 8.48. The monoisotopic (exact) mass is 469 g/mol. The minimum atomic E-state index is -0.879. The van der Waals surface area contributed by atoms with E-state index < -0.39 is 6.29 Å². The van der Waals surface area contributed by atoms with Crippen molar-refractivity contribution >= 4 is 35.4 Å². The third kappa shape index (κ3) is 5.92. The van der Waals surface area contributed by atoms with Crippen molar-refractivity contribution in [2.75, 3.05) is 26.1 Å². The van der Waals surface area contributed by atoms with Gasteiger partial charge < -0.3 is 19.5 Å². The lowest BCUT2D eigenvalue weighted by Gasteiger charge is -2.20. The predicted octanol–water partition coefficient (Wildman–Crippen LogP) is 4.75. The second-order valence-electron chi connectivity index (χ2n) is 6.90. The number of aromatic nitrogens is 2. The number of methoxy groups -OCH3 is 2. The number of hydrogen-bond acceptors (Lipinski definition) is 8. The van der Waals surface area contributed by atoms with Crippen LogP contribution < -0.4 is 5.32 Å². The minimum Gasteiger partial charge on any atom is -0.466 e. The standard InChI is InChI=1S/C24H24ClN3O5/c1-4-33-20(30)13-15-9-11-16(12-10-15)26-23-21(24(31-2)32-3)19(14-29)27-22(28-23)17-7-5-6-8-18(17)25/h5-12,14,24H,4,13H2,1-3H3,(H,26,27,28). The Morgan fingerprint density at radius 1 is 1.09 bits per heavy atom. The second-order valence-corrected chi connectivity index (χ2v) is 7.31. The molecule has 1 aromatic heterocycles. The van der Waals surface area contributed by atoms with Crippen molar-refractivity contribution in [2.45, 2.75) is 19.6 Å². The van der Waals surface area contributed by atoms with Crippen molar-refractivity contribution in [2.24, 2.45) is 0 Å². The van der Waals surface area contributed by atoms with Gasteiger partial charge in [0, 0.05) is 25.5 Å². The topological polar surface area (TPSA) is 99.6 Å². The van der Waals surface area contributed by atoms with Crippen LogP contribution in [0.1, 0.15) is 34.8 Å². The fourth-order valence-corrected chi connectivity index (χ4v) is 3.44. The molecular weight excluding hydrogens is 446 g/mol. The van der Waals surface area contributed by atoms with E-state index in [4.69, 9.17) is 25.8 Å². The lowest BCUT2D eigenvalue weighted by molar-refractivity contribution is -0.142. The van der Waals surface area contributed by atoms with Crippen LogP contribution in [-0.2, 0) is 25.4 Å². The molecule has 0 aliphatic carbocycles. The van der Waals surface area contributed by atoms with E-state index in [0.717, 1.165) is 5.56 Å². The summed E-state index contributed by atoms with van der Waals surface area (Å²) in [5.41, 5.74) is 2.51. The zero-order valence-corrected chi connectivity index (χ0v) is 19.3. The molecule has 0 amide bonds. The Bertz CT molecular complexity index is 1120. The van der Waals surface area contributed by atoms with Gasteiger partial charge in [-0.2, -0.15) is 0 Å². The molecule has 0 bridgehead atoms. The molecule has 0 saturated heterocycles. The summed E-state index contributed by atoms with van der Waals surface area (Å²) < 4.78 is 15.8. The number of esters is 1. The van der Waals surface area contributed by atoms with Crippen LogP contribution in [0, 0.1) is 0 Å². The van der Waals surface area contributed by atoms with Crippen LogP contribution in [0.2, 0.25) is 5.02 Å². The van der Waals surface area contributed by atoms with E-state index in [1.807, 2.05) is 6.07 Å². The van der Waals surface area contributed by atoms with Gasteiger partial charge in [-0.3, -0.25) is 9.59 Å². The van der Waals surface area contributed by atoms with Crippen molar-refractivity contribution in [3.8, 4) is 11.4 Å².